The van der Waals surface area contributed by atoms with E-state index in [2.05, 4.69) is 16.6 Å². The zero-order valence-electron chi connectivity index (χ0n) is 8.57. The lowest BCUT2D eigenvalue weighted by molar-refractivity contribution is -0.120. The van der Waals surface area contributed by atoms with Gasteiger partial charge < -0.3 is 9.88 Å². The number of nitrogens with one attached hydrogen (secondary N) is 2. The van der Waals surface area contributed by atoms with Crippen LogP contribution >= 0.6 is 0 Å². The summed E-state index contributed by atoms with van der Waals surface area (Å²) in [6.45, 7) is 2.11. The fourth-order valence-corrected chi connectivity index (χ4v) is 1.15. The monoisotopic (exact) mass is 205 g/mol. The number of terminal acetylenes is 1. The first-order valence-corrected chi connectivity index (χ1v) is 4.84. The fraction of sp³-hybridized carbons (Fsp3) is 0.364. The Kier molecular flexibility index (Phi) is 5.06. The van der Waals surface area contributed by atoms with Crippen LogP contribution in [-0.2, 0) is 11.3 Å². The van der Waals surface area contributed by atoms with Gasteiger partial charge in [-0.3, -0.25) is 10.1 Å². The van der Waals surface area contributed by atoms with Crippen LogP contribution in [0.2, 0.25) is 0 Å². The predicted octanol–water partition coefficient (Wildman–Crippen LogP) is -0.173. The van der Waals surface area contributed by atoms with E-state index in [1.54, 1.807) is 0 Å². The molecular weight excluding hydrogens is 190 g/mol. The maximum Gasteiger partial charge on any atom is 0.234 e. The highest BCUT2D eigenvalue weighted by Gasteiger charge is 1.98. The number of carbonyl (C=O) groups is 1. The molecule has 0 saturated heterocycles. The molecule has 0 saturated carbocycles. The van der Waals surface area contributed by atoms with Crippen molar-refractivity contribution in [2.24, 2.45) is 0 Å². The third-order valence-electron chi connectivity index (χ3n) is 1.87. The molecule has 2 N–H and O–H groups in total. The minimum absolute atomic E-state index is 0.0302. The van der Waals surface area contributed by atoms with Gasteiger partial charge in [0.1, 0.15) is 0 Å². The van der Waals surface area contributed by atoms with E-state index in [1.165, 1.54) is 0 Å². The van der Waals surface area contributed by atoms with Gasteiger partial charge in [0.2, 0.25) is 5.91 Å². The molecule has 0 aromatic carbocycles. The summed E-state index contributed by atoms with van der Waals surface area (Å²) in [6.07, 6.45) is 8.95. The molecule has 0 aliphatic rings. The second-order valence-corrected chi connectivity index (χ2v) is 3.08. The normalized spacial score (nSPS) is 9.53. The van der Waals surface area contributed by atoms with Crippen molar-refractivity contribution in [1.29, 1.82) is 0 Å². The molecule has 0 bridgehead atoms. The number of carbonyl (C=O) groups excluding carboxylic acids is 1. The lowest BCUT2D eigenvalue weighted by Gasteiger charge is -2.05. The molecule has 0 fully saturated rings. The minimum Gasteiger partial charge on any atom is -0.353 e. The lowest BCUT2D eigenvalue weighted by Crippen LogP contribution is -2.35. The van der Waals surface area contributed by atoms with Crippen molar-refractivity contribution >= 4 is 5.91 Å². The van der Waals surface area contributed by atoms with Gasteiger partial charge in [-0.25, -0.2) is 0 Å². The van der Waals surface area contributed by atoms with Crippen molar-refractivity contribution in [3.63, 3.8) is 0 Å². The predicted molar refractivity (Wildman–Crippen MR) is 59.1 cm³/mol. The maximum absolute atomic E-state index is 11.2. The fourth-order valence-electron chi connectivity index (χ4n) is 1.15. The first kappa shape index (κ1) is 11.3. The van der Waals surface area contributed by atoms with E-state index in [1.807, 2.05) is 29.1 Å². The summed E-state index contributed by atoms with van der Waals surface area (Å²) in [6, 6.07) is 3.91. The van der Waals surface area contributed by atoms with Crippen molar-refractivity contribution in [3.05, 3.63) is 24.5 Å². The molecule has 1 rings (SSSR count). The third-order valence-corrected chi connectivity index (χ3v) is 1.87. The van der Waals surface area contributed by atoms with E-state index >= 15 is 0 Å². The minimum atomic E-state index is -0.0302. The highest BCUT2D eigenvalue weighted by molar-refractivity contribution is 5.77. The van der Waals surface area contributed by atoms with Gasteiger partial charge in [-0.2, -0.15) is 0 Å². The van der Waals surface area contributed by atoms with E-state index in [9.17, 15) is 4.79 Å². The largest absolute Gasteiger partial charge is 0.353 e. The van der Waals surface area contributed by atoms with Crippen molar-refractivity contribution in [2.75, 3.05) is 19.6 Å². The summed E-state index contributed by atoms with van der Waals surface area (Å²) in [5.74, 6) is 2.38. The molecule has 0 spiro atoms. The molecule has 0 atom stereocenters. The van der Waals surface area contributed by atoms with Gasteiger partial charge in [0.05, 0.1) is 13.1 Å². The van der Waals surface area contributed by atoms with Crippen molar-refractivity contribution in [2.45, 2.75) is 6.54 Å². The van der Waals surface area contributed by atoms with Gasteiger partial charge in [-0.05, 0) is 12.1 Å². The molecule has 0 radical (unpaired) electrons. The summed E-state index contributed by atoms with van der Waals surface area (Å²) < 4.78 is 2.01. The van der Waals surface area contributed by atoms with E-state index < -0.39 is 0 Å². The Morgan fingerprint density at radius 3 is 2.80 bits per heavy atom. The Morgan fingerprint density at radius 2 is 2.13 bits per heavy atom. The first-order valence-electron chi connectivity index (χ1n) is 4.84. The molecule has 0 unspecified atom stereocenters. The van der Waals surface area contributed by atoms with Crippen molar-refractivity contribution < 1.29 is 4.79 Å². The molecular formula is C11H15N3O. The molecule has 1 aromatic rings. The Labute approximate surface area is 89.7 Å². The second-order valence-electron chi connectivity index (χ2n) is 3.08. The molecule has 80 valence electrons. The maximum atomic E-state index is 11.2. The number of hydrogen-bond acceptors (Lipinski definition) is 2. The van der Waals surface area contributed by atoms with Gasteiger partial charge in [-0.1, -0.05) is 5.92 Å². The van der Waals surface area contributed by atoms with Crippen LogP contribution in [0, 0.1) is 12.3 Å². The quantitative estimate of drug-likeness (QED) is 0.500. The van der Waals surface area contributed by atoms with Crippen molar-refractivity contribution in [3.8, 4) is 12.3 Å². The van der Waals surface area contributed by atoms with Gasteiger partial charge in [0.25, 0.3) is 0 Å². The highest BCUT2D eigenvalue weighted by atomic mass is 16.1. The lowest BCUT2D eigenvalue weighted by atomic mass is 10.5. The smallest absolute Gasteiger partial charge is 0.234 e. The third kappa shape index (κ3) is 4.89. The second kappa shape index (κ2) is 6.68. The average Bonchev–Trinajstić information content (AvgIpc) is 2.71. The molecule has 1 aromatic heterocycles. The number of amides is 1. The Hall–Kier alpha value is -1.73. The first-order chi connectivity index (χ1) is 7.33. The highest BCUT2D eigenvalue weighted by Crippen LogP contribution is 1.87. The summed E-state index contributed by atoms with van der Waals surface area (Å²) in [4.78, 5) is 11.2. The van der Waals surface area contributed by atoms with Crippen LogP contribution in [0.15, 0.2) is 24.5 Å². The van der Waals surface area contributed by atoms with Crippen LogP contribution in [0.1, 0.15) is 0 Å². The van der Waals surface area contributed by atoms with Gasteiger partial charge in [0.15, 0.2) is 0 Å². The van der Waals surface area contributed by atoms with Gasteiger partial charge in [-0.15, -0.1) is 6.42 Å². The SMILES string of the molecule is C#CCNCC(=O)NCCn1cccc1. The Balaban J connectivity index is 2.05. The van der Waals surface area contributed by atoms with Crippen LogP contribution in [0.3, 0.4) is 0 Å². The molecule has 1 amide bonds. The average molecular weight is 205 g/mol. The summed E-state index contributed by atoms with van der Waals surface area (Å²) in [5, 5.41) is 5.61. The number of hydrogen-bond donors (Lipinski definition) is 2. The number of nitrogens with zero attached hydrogens (tertiary/aromatic N) is 1. The molecule has 15 heavy (non-hydrogen) atoms. The molecule has 0 aliphatic heterocycles. The van der Waals surface area contributed by atoms with Gasteiger partial charge >= 0.3 is 0 Å². The van der Waals surface area contributed by atoms with Crippen LogP contribution in [0.4, 0.5) is 0 Å². The summed E-state index contributed by atoms with van der Waals surface area (Å²) in [7, 11) is 0. The molecule has 4 nitrogen and oxygen atoms in total. The molecule has 1 heterocycles. The number of rotatable bonds is 6. The number of aromatic nitrogens is 1. The van der Waals surface area contributed by atoms with Gasteiger partial charge in [0, 0.05) is 25.5 Å². The van der Waals surface area contributed by atoms with Crippen molar-refractivity contribution in [1.82, 2.24) is 15.2 Å². The zero-order chi connectivity index (χ0) is 10.9. The Bertz CT molecular complexity index is 324. The summed E-state index contributed by atoms with van der Waals surface area (Å²) >= 11 is 0. The molecule has 0 aliphatic carbocycles. The summed E-state index contributed by atoms with van der Waals surface area (Å²) in [5.41, 5.74) is 0. The van der Waals surface area contributed by atoms with E-state index in [0.29, 0.717) is 13.1 Å². The van der Waals surface area contributed by atoms with Crippen LogP contribution < -0.4 is 10.6 Å². The van der Waals surface area contributed by atoms with E-state index in [-0.39, 0.29) is 12.5 Å². The topological polar surface area (TPSA) is 46.1 Å². The molecule has 4 heteroatoms. The van der Waals surface area contributed by atoms with Crippen LogP contribution in [0.5, 0.6) is 0 Å². The van der Waals surface area contributed by atoms with E-state index in [0.717, 1.165) is 6.54 Å². The Morgan fingerprint density at radius 1 is 1.40 bits per heavy atom. The zero-order valence-corrected chi connectivity index (χ0v) is 8.57. The standard InChI is InChI=1S/C11H15N3O/c1-2-5-12-10-11(15)13-6-9-14-7-3-4-8-14/h1,3-4,7-8,12H,5-6,9-10H2,(H,13,15). The van der Waals surface area contributed by atoms with E-state index in [4.69, 9.17) is 6.42 Å². The van der Waals surface area contributed by atoms with Crippen LogP contribution in [-0.4, -0.2) is 30.1 Å². The van der Waals surface area contributed by atoms with Crippen LogP contribution in [0.25, 0.3) is 0 Å².